The Kier molecular flexibility index (Phi) is 4.85. The summed E-state index contributed by atoms with van der Waals surface area (Å²) in [5.41, 5.74) is -0.975. The zero-order valence-corrected chi connectivity index (χ0v) is 10.9. The molecule has 0 spiro atoms. The summed E-state index contributed by atoms with van der Waals surface area (Å²) in [5.74, 6) is -0.555. The molecule has 0 saturated carbocycles. The fraction of sp³-hybridized carbons (Fsp3) is 0.444. The molecule has 0 bridgehead atoms. The molecule has 1 unspecified atom stereocenters. The second kappa shape index (κ2) is 5.75. The van der Waals surface area contributed by atoms with Crippen molar-refractivity contribution in [3.8, 4) is 0 Å². The van der Waals surface area contributed by atoms with Gasteiger partial charge in [-0.2, -0.15) is 0 Å². The van der Waals surface area contributed by atoms with E-state index in [2.05, 4.69) is 0 Å². The molecule has 17 heavy (non-hydrogen) atoms. The number of hydrogen-bond donors (Lipinski definition) is 3. The van der Waals surface area contributed by atoms with E-state index in [-0.39, 0.29) is 13.0 Å². The van der Waals surface area contributed by atoms with Crippen molar-refractivity contribution in [1.82, 2.24) is 5.06 Å². The summed E-state index contributed by atoms with van der Waals surface area (Å²) in [6.45, 7) is 1.07. The van der Waals surface area contributed by atoms with Gasteiger partial charge in [-0.05, 0) is 17.9 Å². The van der Waals surface area contributed by atoms with Crippen LogP contribution in [0.5, 0.6) is 0 Å². The van der Waals surface area contributed by atoms with Crippen LogP contribution in [0.1, 0.15) is 23.9 Å². The van der Waals surface area contributed by atoms with Crippen molar-refractivity contribution < 1.29 is 24.4 Å². The minimum atomic E-state index is -4.29. The largest absolute Gasteiger partial charge is 0.333 e. The molecule has 1 aromatic heterocycles. The highest BCUT2D eigenvalue weighted by Gasteiger charge is 2.31. The molecule has 0 aromatic carbocycles. The first-order valence-corrected chi connectivity index (χ1v) is 7.44. The summed E-state index contributed by atoms with van der Waals surface area (Å²) in [6, 6.07) is 3.33. The van der Waals surface area contributed by atoms with Crippen LogP contribution in [0.4, 0.5) is 0 Å². The zero-order chi connectivity index (χ0) is 13.1. The van der Waals surface area contributed by atoms with Gasteiger partial charge in [0.1, 0.15) is 0 Å². The smallest absolute Gasteiger partial charge is 0.324 e. The van der Waals surface area contributed by atoms with Crippen molar-refractivity contribution in [2.75, 3.05) is 6.54 Å². The van der Waals surface area contributed by atoms with Crippen LogP contribution >= 0.6 is 18.9 Å². The number of hydrogen-bond acceptors (Lipinski definition) is 4. The third kappa shape index (κ3) is 4.22. The van der Waals surface area contributed by atoms with Crippen LogP contribution in [0, 0.1) is 0 Å². The van der Waals surface area contributed by atoms with Gasteiger partial charge in [-0.15, -0.1) is 11.3 Å². The van der Waals surface area contributed by atoms with E-state index in [1.165, 1.54) is 18.3 Å². The van der Waals surface area contributed by atoms with Gasteiger partial charge in [0.2, 0.25) is 5.91 Å². The third-order valence-corrected chi connectivity index (χ3v) is 4.76. The number of carbonyl (C=O) groups is 1. The predicted molar refractivity (Wildman–Crippen MR) is 62.9 cm³/mol. The van der Waals surface area contributed by atoms with Crippen molar-refractivity contribution in [1.29, 1.82) is 0 Å². The predicted octanol–water partition coefficient (Wildman–Crippen LogP) is 1.59. The van der Waals surface area contributed by atoms with Crippen LogP contribution in [0.15, 0.2) is 17.5 Å². The number of thiophene rings is 1. The van der Waals surface area contributed by atoms with E-state index < -0.39 is 19.2 Å². The van der Waals surface area contributed by atoms with E-state index in [1.54, 1.807) is 17.5 Å². The monoisotopic (exact) mass is 279 g/mol. The molecule has 1 rings (SSSR count). The molecule has 0 aliphatic rings. The summed E-state index contributed by atoms with van der Waals surface area (Å²) < 4.78 is 11.3. The van der Waals surface area contributed by atoms with E-state index in [1.807, 2.05) is 0 Å². The minimum absolute atomic E-state index is 0.0148. The SMILES string of the molecule is CC(=O)N(O)CCC(c1cccs1)P(=O)(O)O. The van der Waals surface area contributed by atoms with Crippen molar-refractivity contribution >= 4 is 24.8 Å². The highest BCUT2D eigenvalue weighted by molar-refractivity contribution is 7.52. The molecule has 1 amide bonds. The second-order valence-corrected chi connectivity index (χ2v) is 6.33. The molecule has 3 N–H and O–H groups in total. The van der Waals surface area contributed by atoms with E-state index in [0.29, 0.717) is 9.94 Å². The van der Waals surface area contributed by atoms with Crippen LogP contribution in [0.3, 0.4) is 0 Å². The van der Waals surface area contributed by atoms with Gasteiger partial charge in [0.05, 0.1) is 5.66 Å². The van der Waals surface area contributed by atoms with Gasteiger partial charge in [-0.25, -0.2) is 5.06 Å². The van der Waals surface area contributed by atoms with Gasteiger partial charge in [0.15, 0.2) is 0 Å². The lowest BCUT2D eigenvalue weighted by Crippen LogP contribution is -2.26. The fourth-order valence-electron chi connectivity index (χ4n) is 1.36. The maximum Gasteiger partial charge on any atom is 0.333 e. The Morgan fingerprint density at radius 2 is 2.24 bits per heavy atom. The second-order valence-electron chi connectivity index (χ2n) is 3.55. The highest BCUT2D eigenvalue weighted by atomic mass is 32.1. The molecule has 0 aliphatic carbocycles. The molecule has 96 valence electrons. The lowest BCUT2D eigenvalue weighted by atomic mass is 10.2. The van der Waals surface area contributed by atoms with Gasteiger partial charge in [0.25, 0.3) is 0 Å². The van der Waals surface area contributed by atoms with Crippen molar-refractivity contribution in [3.63, 3.8) is 0 Å². The molecule has 0 aliphatic heterocycles. The van der Waals surface area contributed by atoms with Crippen molar-refractivity contribution in [2.24, 2.45) is 0 Å². The summed E-state index contributed by atoms with van der Waals surface area (Å²) in [6.07, 6.45) is 0.0148. The first-order chi connectivity index (χ1) is 7.82. The van der Waals surface area contributed by atoms with Gasteiger partial charge < -0.3 is 9.79 Å². The lowest BCUT2D eigenvalue weighted by molar-refractivity contribution is -0.162. The molecule has 0 radical (unpaired) electrons. The number of hydroxylamine groups is 2. The Hall–Kier alpha value is -0.720. The van der Waals surface area contributed by atoms with Gasteiger partial charge in [0, 0.05) is 18.3 Å². The highest BCUT2D eigenvalue weighted by Crippen LogP contribution is 2.54. The summed E-state index contributed by atoms with van der Waals surface area (Å²) in [4.78, 5) is 29.8. The molecular weight excluding hydrogens is 265 g/mol. The topological polar surface area (TPSA) is 98.1 Å². The first-order valence-electron chi connectivity index (χ1n) is 4.88. The molecule has 1 aromatic rings. The van der Waals surface area contributed by atoms with Gasteiger partial charge >= 0.3 is 7.60 Å². The average molecular weight is 279 g/mol. The van der Waals surface area contributed by atoms with Crippen LogP contribution in [-0.4, -0.2) is 32.5 Å². The van der Waals surface area contributed by atoms with Gasteiger partial charge in [-0.3, -0.25) is 14.6 Å². The molecule has 1 heterocycles. The quantitative estimate of drug-likeness (QED) is 0.432. The zero-order valence-electron chi connectivity index (χ0n) is 9.18. The summed E-state index contributed by atoms with van der Waals surface area (Å²) >= 11 is 1.24. The maximum atomic E-state index is 11.3. The van der Waals surface area contributed by atoms with E-state index >= 15 is 0 Å². The Bertz CT molecular complexity index is 415. The molecular formula is C9H14NO5PS. The van der Waals surface area contributed by atoms with E-state index in [9.17, 15) is 24.4 Å². The molecule has 6 nitrogen and oxygen atoms in total. The van der Waals surface area contributed by atoms with Crippen molar-refractivity contribution in [2.45, 2.75) is 19.0 Å². The minimum Gasteiger partial charge on any atom is -0.324 e. The van der Waals surface area contributed by atoms with Crippen LogP contribution < -0.4 is 0 Å². The Morgan fingerprint density at radius 1 is 1.59 bits per heavy atom. The molecule has 0 fully saturated rings. The van der Waals surface area contributed by atoms with Crippen LogP contribution in [0.2, 0.25) is 0 Å². The molecule has 0 saturated heterocycles. The Balaban J connectivity index is 2.74. The van der Waals surface area contributed by atoms with Crippen LogP contribution in [-0.2, 0) is 9.36 Å². The number of nitrogens with zero attached hydrogens (tertiary/aromatic N) is 1. The maximum absolute atomic E-state index is 11.3. The Morgan fingerprint density at radius 3 is 2.65 bits per heavy atom. The standard InChI is InChI=1S/C9H14NO5PS/c1-7(11)10(12)5-4-8(16(13,14)15)9-3-2-6-17-9/h2-3,6,8,12H,4-5H2,1H3,(H2,13,14,15). The summed E-state index contributed by atoms with van der Waals surface area (Å²) in [7, 11) is -4.29. The normalized spacial score (nSPS) is 13.4. The van der Waals surface area contributed by atoms with Crippen LogP contribution in [0.25, 0.3) is 0 Å². The molecule has 1 atom stereocenters. The number of carbonyl (C=O) groups excluding carboxylic acids is 1. The molecule has 8 heteroatoms. The Labute approximate surface area is 103 Å². The first kappa shape index (κ1) is 14.3. The van der Waals surface area contributed by atoms with E-state index in [4.69, 9.17) is 0 Å². The van der Waals surface area contributed by atoms with E-state index in [0.717, 1.165) is 0 Å². The third-order valence-electron chi connectivity index (χ3n) is 2.26. The summed E-state index contributed by atoms with van der Waals surface area (Å²) in [5, 5.41) is 11.3. The number of amides is 1. The van der Waals surface area contributed by atoms with Gasteiger partial charge in [-0.1, -0.05) is 6.07 Å². The number of rotatable bonds is 5. The van der Waals surface area contributed by atoms with Crippen molar-refractivity contribution in [3.05, 3.63) is 22.4 Å². The fourth-order valence-corrected chi connectivity index (χ4v) is 3.57. The lowest BCUT2D eigenvalue weighted by Gasteiger charge is -2.19. The average Bonchev–Trinajstić information content (AvgIpc) is 2.68.